The first-order valence-electron chi connectivity index (χ1n) is 8.51. The van der Waals surface area contributed by atoms with Crippen molar-refractivity contribution in [3.05, 3.63) is 49.1 Å². The molecule has 0 unspecified atom stereocenters. The molecule has 0 bridgehead atoms. The van der Waals surface area contributed by atoms with Crippen molar-refractivity contribution in [3.63, 3.8) is 0 Å². The normalized spacial score (nSPS) is 12.2. The summed E-state index contributed by atoms with van der Waals surface area (Å²) in [4.78, 5) is 33.1. The average Bonchev–Trinajstić information content (AvgIpc) is 3.25. The fourth-order valence-corrected chi connectivity index (χ4v) is 3.49. The lowest BCUT2D eigenvalue weighted by Gasteiger charge is -2.09. The lowest BCUT2D eigenvalue weighted by molar-refractivity contribution is 0.555. The average molecular weight is 358 g/mol. The van der Waals surface area contributed by atoms with E-state index in [-0.39, 0.29) is 11.2 Å². The topological polar surface area (TPSA) is 72.7 Å². The van der Waals surface area contributed by atoms with Gasteiger partial charge in [-0.1, -0.05) is 13.8 Å². The third kappa shape index (κ3) is 3.24. The van der Waals surface area contributed by atoms with E-state index >= 15 is 0 Å². The van der Waals surface area contributed by atoms with Crippen molar-refractivity contribution < 1.29 is 0 Å². The van der Waals surface area contributed by atoms with Crippen LogP contribution in [0.5, 0.6) is 0 Å². The number of aromatic nitrogens is 4. The van der Waals surface area contributed by atoms with Crippen LogP contribution in [0.3, 0.4) is 0 Å². The zero-order valence-corrected chi connectivity index (χ0v) is 15.5. The minimum absolute atomic E-state index is 0.279. The molecule has 0 saturated heterocycles. The van der Waals surface area contributed by atoms with Gasteiger partial charge in [-0.25, -0.2) is 9.78 Å². The maximum Gasteiger partial charge on any atom is 0.332 e. The smallest absolute Gasteiger partial charge is 0.332 e. The Bertz CT molecular complexity index is 1020. The van der Waals surface area contributed by atoms with Gasteiger partial charge in [0.25, 0.3) is 5.56 Å². The number of aryl methyl sites for hydroxylation is 1. The minimum atomic E-state index is -0.295. The summed E-state index contributed by atoms with van der Waals surface area (Å²) in [7, 11) is 0. The van der Waals surface area contributed by atoms with Crippen molar-refractivity contribution >= 4 is 34.1 Å². The van der Waals surface area contributed by atoms with E-state index in [0.29, 0.717) is 30.1 Å². The minimum Gasteiger partial charge on any atom is -0.332 e. The van der Waals surface area contributed by atoms with Gasteiger partial charge < -0.3 is 4.98 Å². The van der Waals surface area contributed by atoms with Crippen LogP contribution in [-0.2, 0) is 13.1 Å². The Morgan fingerprint density at radius 1 is 1.24 bits per heavy atom. The van der Waals surface area contributed by atoms with Gasteiger partial charge in [0.15, 0.2) is 5.65 Å². The van der Waals surface area contributed by atoms with Crippen molar-refractivity contribution in [1.29, 1.82) is 0 Å². The summed E-state index contributed by atoms with van der Waals surface area (Å²) in [6.45, 7) is 6.85. The van der Waals surface area contributed by atoms with Crippen LogP contribution in [0.1, 0.15) is 45.0 Å². The van der Waals surface area contributed by atoms with E-state index in [0.717, 1.165) is 24.0 Å². The first kappa shape index (κ1) is 17.4. The summed E-state index contributed by atoms with van der Waals surface area (Å²) >= 11 is 1.63. The first-order valence-corrected chi connectivity index (χ1v) is 9.45. The third-order valence-electron chi connectivity index (χ3n) is 4.06. The summed E-state index contributed by atoms with van der Waals surface area (Å²) < 4.78 is 2.90. The fraction of sp³-hybridized carbons (Fsp3) is 0.389. The van der Waals surface area contributed by atoms with Crippen LogP contribution < -0.4 is 11.2 Å². The van der Waals surface area contributed by atoms with Crippen LogP contribution in [0.2, 0.25) is 0 Å². The van der Waals surface area contributed by atoms with Gasteiger partial charge >= 0.3 is 5.69 Å². The molecule has 0 fully saturated rings. The van der Waals surface area contributed by atoms with Crippen molar-refractivity contribution in [1.82, 2.24) is 19.1 Å². The van der Waals surface area contributed by atoms with Crippen LogP contribution in [0.15, 0.2) is 26.4 Å². The van der Waals surface area contributed by atoms with E-state index in [9.17, 15) is 9.59 Å². The summed E-state index contributed by atoms with van der Waals surface area (Å²) in [5.74, 6) is 0.622. The molecule has 25 heavy (non-hydrogen) atoms. The number of fused-ring (bicyclic) bond motifs is 1. The van der Waals surface area contributed by atoms with Crippen LogP contribution in [0.25, 0.3) is 22.8 Å². The number of imidazole rings is 1. The van der Waals surface area contributed by atoms with Gasteiger partial charge in [0.1, 0.15) is 11.3 Å². The van der Waals surface area contributed by atoms with Gasteiger partial charge in [0.05, 0.1) is 0 Å². The van der Waals surface area contributed by atoms with E-state index in [1.165, 1.54) is 4.57 Å². The summed E-state index contributed by atoms with van der Waals surface area (Å²) in [5, 5.41) is 4.06. The second kappa shape index (κ2) is 7.23. The molecule has 0 radical (unpaired) electrons. The molecule has 0 amide bonds. The molecule has 0 aliphatic rings. The molecule has 3 rings (SSSR count). The van der Waals surface area contributed by atoms with Gasteiger partial charge in [-0.05, 0) is 53.8 Å². The van der Waals surface area contributed by atoms with Crippen LogP contribution in [-0.4, -0.2) is 19.1 Å². The molecule has 0 aliphatic carbocycles. The van der Waals surface area contributed by atoms with E-state index in [4.69, 9.17) is 0 Å². The second-order valence-electron chi connectivity index (χ2n) is 6.06. The molecule has 3 aromatic rings. The lowest BCUT2D eigenvalue weighted by Crippen LogP contribution is -2.40. The number of hydrogen-bond donors (Lipinski definition) is 1. The molecule has 0 aromatic carbocycles. The number of aromatic amines is 1. The maximum absolute atomic E-state index is 12.7. The highest BCUT2D eigenvalue weighted by Crippen LogP contribution is 2.18. The molecular formula is C18H22N4O2S. The highest BCUT2D eigenvalue weighted by atomic mass is 32.1. The van der Waals surface area contributed by atoms with E-state index in [1.54, 1.807) is 15.9 Å². The third-order valence-corrected chi connectivity index (χ3v) is 4.76. The SMILES string of the molecule is CCCn1c(=O)c2[nH]c(/C(C)=C/c3ccsc3)nc2n(CCC)c1=O. The summed E-state index contributed by atoms with van der Waals surface area (Å²) in [5.41, 5.74) is 2.28. The Morgan fingerprint density at radius 3 is 2.60 bits per heavy atom. The molecule has 1 N–H and O–H groups in total. The molecule has 0 saturated carbocycles. The first-order chi connectivity index (χ1) is 12.1. The van der Waals surface area contributed by atoms with E-state index < -0.39 is 0 Å². The summed E-state index contributed by atoms with van der Waals surface area (Å²) in [6, 6.07) is 2.03. The zero-order chi connectivity index (χ0) is 18.0. The molecule has 7 heteroatoms. The van der Waals surface area contributed by atoms with Crippen molar-refractivity contribution in [2.24, 2.45) is 0 Å². The highest BCUT2D eigenvalue weighted by molar-refractivity contribution is 7.08. The van der Waals surface area contributed by atoms with Gasteiger partial charge in [0, 0.05) is 13.1 Å². The van der Waals surface area contributed by atoms with E-state index in [1.807, 2.05) is 43.7 Å². The molecule has 0 aliphatic heterocycles. The standard InChI is InChI=1S/C18H22N4O2S/c1-4-7-21-16-14(17(23)22(8-5-2)18(21)24)19-15(20-16)12(3)10-13-6-9-25-11-13/h6,9-11H,4-5,7-8H2,1-3H3,(H,19,20)/b12-10+. The Morgan fingerprint density at radius 2 is 1.96 bits per heavy atom. The Labute approximate surface area is 149 Å². The van der Waals surface area contributed by atoms with E-state index in [2.05, 4.69) is 9.97 Å². The number of H-pyrrole nitrogens is 1. The van der Waals surface area contributed by atoms with Gasteiger partial charge in [-0.2, -0.15) is 11.3 Å². The Hall–Kier alpha value is -2.41. The quantitative estimate of drug-likeness (QED) is 0.734. The zero-order valence-electron chi connectivity index (χ0n) is 14.7. The second-order valence-corrected chi connectivity index (χ2v) is 6.84. The van der Waals surface area contributed by atoms with Gasteiger partial charge in [0.2, 0.25) is 0 Å². The number of nitrogens with one attached hydrogen (secondary N) is 1. The number of thiophene rings is 1. The van der Waals surface area contributed by atoms with Gasteiger partial charge in [-0.15, -0.1) is 0 Å². The van der Waals surface area contributed by atoms with Crippen LogP contribution in [0, 0.1) is 0 Å². The lowest BCUT2D eigenvalue weighted by atomic mass is 10.2. The monoisotopic (exact) mass is 358 g/mol. The van der Waals surface area contributed by atoms with Crippen molar-refractivity contribution in [2.45, 2.75) is 46.7 Å². The number of hydrogen-bond acceptors (Lipinski definition) is 4. The molecule has 0 atom stereocenters. The fourth-order valence-electron chi connectivity index (χ4n) is 2.87. The van der Waals surface area contributed by atoms with Crippen molar-refractivity contribution in [2.75, 3.05) is 0 Å². The molecule has 3 heterocycles. The number of nitrogens with zero attached hydrogens (tertiary/aromatic N) is 3. The van der Waals surface area contributed by atoms with Crippen molar-refractivity contribution in [3.8, 4) is 0 Å². The largest absolute Gasteiger partial charge is 0.332 e. The predicted molar refractivity (Wildman–Crippen MR) is 103 cm³/mol. The highest BCUT2D eigenvalue weighted by Gasteiger charge is 2.17. The predicted octanol–water partition coefficient (Wildman–Crippen LogP) is 3.33. The Balaban J connectivity index is 2.22. The Kier molecular flexibility index (Phi) is 5.03. The molecular weight excluding hydrogens is 336 g/mol. The summed E-state index contributed by atoms with van der Waals surface area (Å²) in [6.07, 6.45) is 3.54. The van der Waals surface area contributed by atoms with Crippen LogP contribution >= 0.6 is 11.3 Å². The molecule has 6 nitrogen and oxygen atoms in total. The molecule has 132 valence electrons. The van der Waals surface area contributed by atoms with Crippen LogP contribution in [0.4, 0.5) is 0 Å². The molecule has 3 aromatic heterocycles. The number of allylic oxidation sites excluding steroid dienone is 1. The molecule has 0 spiro atoms. The maximum atomic E-state index is 12.7. The van der Waals surface area contributed by atoms with Gasteiger partial charge in [-0.3, -0.25) is 13.9 Å². The number of rotatable bonds is 6.